The van der Waals surface area contributed by atoms with Crippen LogP contribution in [-0.4, -0.2) is 22.5 Å². The lowest BCUT2D eigenvalue weighted by Crippen LogP contribution is -2.53. The maximum Gasteiger partial charge on any atom is 0.307 e. The first-order chi connectivity index (χ1) is 9.48. The number of fused-ring (bicyclic) bond motifs is 1. The molecule has 3 rings (SSSR count). The van der Waals surface area contributed by atoms with Crippen LogP contribution in [0.5, 0.6) is 0 Å². The molecule has 4 nitrogen and oxygen atoms in total. The van der Waals surface area contributed by atoms with Crippen LogP contribution in [0.2, 0.25) is 0 Å². The van der Waals surface area contributed by atoms with Crippen LogP contribution in [-0.2, 0) is 22.4 Å². The Kier molecular flexibility index (Phi) is 3.04. The zero-order chi connectivity index (χ0) is 14.3. The lowest BCUT2D eigenvalue weighted by molar-refractivity contribution is -0.153. The Balaban J connectivity index is 1.67. The highest BCUT2D eigenvalue weighted by Gasteiger charge is 2.44. The molecule has 0 aromatic heterocycles. The van der Waals surface area contributed by atoms with Crippen molar-refractivity contribution in [3.8, 4) is 0 Å². The van der Waals surface area contributed by atoms with Gasteiger partial charge in [0.25, 0.3) is 0 Å². The van der Waals surface area contributed by atoms with Crippen molar-refractivity contribution < 1.29 is 14.7 Å². The summed E-state index contributed by atoms with van der Waals surface area (Å²) >= 11 is 0. The summed E-state index contributed by atoms with van der Waals surface area (Å²) in [6.45, 7) is 2.04. The van der Waals surface area contributed by atoms with E-state index in [-0.39, 0.29) is 17.4 Å². The molecule has 2 aliphatic rings. The molecule has 2 aliphatic carbocycles. The fourth-order valence-corrected chi connectivity index (χ4v) is 3.39. The highest BCUT2D eigenvalue weighted by atomic mass is 16.4. The molecular formula is C16H19NO3. The molecule has 0 aliphatic heterocycles. The maximum absolute atomic E-state index is 12.3. The molecule has 0 spiro atoms. The molecule has 0 radical (unpaired) electrons. The van der Waals surface area contributed by atoms with Gasteiger partial charge in [0.2, 0.25) is 5.91 Å². The summed E-state index contributed by atoms with van der Waals surface area (Å²) in [5.74, 6) is -1.80. The van der Waals surface area contributed by atoms with Crippen LogP contribution in [0.15, 0.2) is 24.3 Å². The van der Waals surface area contributed by atoms with Crippen LogP contribution in [0.4, 0.5) is 0 Å². The van der Waals surface area contributed by atoms with Crippen molar-refractivity contribution >= 4 is 11.9 Å². The van der Waals surface area contributed by atoms with Crippen LogP contribution in [0.3, 0.4) is 0 Å². The molecule has 0 bridgehead atoms. The van der Waals surface area contributed by atoms with Crippen molar-refractivity contribution in [1.82, 2.24) is 5.32 Å². The molecule has 2 unspecified atom stereocenters. The van der Waals surface area contributed by atoms with Crippen LogP contribution in [0, 0.1) is 11.8 Å². The lowest BCUT2D eigenvalue weighted by Gasteiger charge is -2.35. The summed E-state index contributed by atoms with van der Waals surface area (Å²) in [7, 11) is 0. The molecule has 1 fully saturated rings. The Morgan fingerprint density at radius 1 is 1.15 bits per heavy atom. The zero-order valence-electron chi connectivity index (χ0n) is 11.6. The van der Waals surface area contributed by atoms with Crippen LogP contribution in [0.1, 0.15) is 30.9 Å². The number of hydrogen-bond donors (Lipinski definition) is 2. The number of hydrogen-bond acceptors (Lipinski definition) is 2. The standard InChI is InChI=1S/C16H19NO3/c1-16(8-10-4-2-3-5-11(10)9-16)17-14(18)12-6-7-13(12)15(19)20/h2-5,12-13H,6-9H2,1H3,(H,17,18)(H,19,20). The summed E-state index contributed by atoms with van der Waals surface area (Å²) in [6.07, 6.45) is 2.94. The van der Waals surface area contributed by atoms with Gasteiger partial charge in [-0.2, -0.15) is 0 Å². The van der Waals surface area contributed by atoms with E-state index < -0.39 is 11.9 Å². The number of aliphatic carboxylic acids is 1. The highest BCUT2D eigenvalue weighted by molar-refractivity contribution is 5.86. The second kappa shape index (κ2) is 4.62. The second-order valence-electron chi connectivity index (χ2n) is 6.30. The molecule has 4 heteroatoms. The number of carboxylic acid groups (broad SMARTS) is 1. The van der Waals surface area contributed by atoms with Crippen molar-refractivity contribution in [2.24, 2.45) is 11.8 Å². The van der Waals surface area contributed by atoms with E-state index in [1.165, 1.54) is 11.1 Å². The first-order valence-electron chi connectivity index (χ1n) is 7.10. The van der Waals surface area contributed by atoms with E-state index in [0.717, 1.165) is 12.8 Å². The first-order valence-corrected chi connectivity index (χ1v) is 7.10. The summed E-state index contributed by atoms with van der Waals surface area (Å²) in [6, 6.07) is 8.21. The van der Waals surface area contributed by atoms with Crippen LogP contribution >= 0.6 is 0 Å². The Hall–Kier alpha value is -1.84. The van der Waals surface area contributed by atoms with Gasteiger partial charge in [0.15, 0.2) is 0 Å². The number of nitrogens with one attached hydrogen (secondary N) is 1. The van der Waals surface area contributed by atoms with E-state index in [1.807, 2.05) is 19.1 Å². The molecule has 106 valence electrons. The Morgan fingerprint density at radius 2 is 1.70 bits per heavy atom. The summed E-state index contributed by atoms with van der Waals surface area (Å²) in [4.78, 5) is 23.3. The van der Waals surface area contributed by atoms with Gasteiger partial charge in [-0.3, -0.25) is 9.59 Å². The van der Waals surface area contributed by atoms with E-state index in [0.29, 0.717) is 12.8 Å². The smallest absolute Gasteiger partial charge is 0.307 e. The Labute approximate surface area is 118 Å². The highest BCUT2D eigenvalue weighted by Crippen LogP contribution is 2.36. The summed E-state index contributed by atoms with van der Waals surface area (Å²) < 4.78 is 0. The number of benzene rings is 1. The van der Waals surface area contributed by atoms with E-state index in [9.17, 15) is 9.59 Å². The third-order valence-electron chi connectivity index (χ3n) is 4.63. The lowest BCUT2D eigenvalue weighted by atomic mass is 9.73. The summed E-state index contributed by atoms with van der Waals surface area (Å²) in [5, 5.41) is 12.1. The van der Waals surface area contributed by atoms with Gasteiger partial charge in [-0.1, -0.05) is 24.3 Å². The minimum absolute atomic E-state index is 0.0982. The third kappa shape index (κ3) is 2.19. The van der Waals surface area contributed by atoms with Gasteiger partial charge in [-0.25, -0.2) is 0 Å². The second-order valence-corrected chi connectivity index (χ2v) is 6.30. The molecule has 1 saturated carbocycles. The monoisotopic (exact) mass is 273 g/mol. The average Bonchev–Trinajstić information content (AvgIpc) is 2.61. The predicted octanol–water partition coefficient (Wildman–Crippen LogP) is 1.77. The molecule has 0 heterocycles. The fourth-order valence-electron chi connectivity index (χ4n) is 3.39. The molecule has 2 atom stereocenters. The Morgan fingerprint density at radius 3 is 2.15 bits per heavy atom. The zero-order valence-corrected chi connectivity index (χ0v) is 11.6. The SMILES string of the molecule is CC1(NC(=O)C2CCC2C(=O)O)Cc2ccccc2C1. The van der Waals surface area contributed by atoms with Gasteiger partial charge in [0.05, 0.1) is 11.8 Å². The third-order valence-corrected chi connectivity index (χ3v) is 4.63. The van der Waals surface area contributed by atoms with Gasteiger partial charge in [0.1, 0.15) is 0 Å². The van der Waals surface area contributed by atoms with Gasteiger partial charge in [0, 0.05) is 5.54 Å². The number of carboxylic acids is 1. The van der Waals surface area contributed by atoms with Gasteiger partial charge >= 0.3 is 5.97 Å². The maximum atomic E-state index is 12.3. The number of carbonyl (C=O) groups excluding carboxylic acids is 1. The fraction of sp³-hybridized carbons (Fsp3) is 0.500. The Bertz CT molecular complexity index is 542. The quantitative estimate of drug-likeness (QED) is 0.882. The van der Waals surface area contributed by atoms with E-state index in [4.69, 9.17) is 5.11 Å². The number of rotatable bonds is 3. The van der Waals surface area contributed by atoms with Crippen LogP contribution < -0.4 is 5.32 Å². The molecule has 2 N–H and O–H groups in total. The molecular weight excluding hydrogens is 254 g/mol. The van der Waals surface area contributed by atoms with Crippen LogP contribution in [0.25, 0.3) is 0 Å². The topological polar surface area (TPSA) is 66.4 Å². The normalized spacial score (nSPS) is 26.4. The molecule has 20 heavy (non-hydrogen) atoms. The molecule has 0 saturated heterocycles. The summed E-state index contributed by atoms with van der Waals surface area (Å²) in [5.41, 5.74) is 2.27. The van der Waals surface area contributed by atoms with Crippen molar-refractivity contribution in [3.63, 3.8) is 0 Å². The minimum atomic E-state index is -0.851. The van der Waals surface area contributed by atoms with Crippen molar-refractivity contribution in [1.29, 1.82) is 0 Å². The van der Waals surface area contributed by atoms with E-state index in [1.54, 1.807) is 0 Å². The largest absolute Gasteiger partial charge is 0.481 e. The van der Waals surface area contributed by atoms with E-state index in [2.05, 4.69) is 17.4 Å². The van der Waals surface area contributed by atoms with E-state index >= 15 is 0 Å². The average molecular weight is 273 g/mol. The van der Waals surface area contributed by atoms with Crippen molar-refractivity contribution in [2.75, 3.05) is 0 Å². The number of amides is 1. The minimum Gasteiger partial charge on any atom is -0.481 e. The number of carbonyl (C=O) groups is 2. The predicted molar refractivity (Wildman–Crippen MR) is 74.2 cm³/mol. The van der Waals surface area contributed by atoms with Gasteiger partial charge < -0.3 is 10.4 Å². The van der Waals surface area contributed by atoms with Gasteiger partial charge in [-0.05, 0) is 43.7 Å². The molecule has 1 amide bonds. The van der Waals surface area contributed by atoms with Crippen molar-refractivity contribution in [2.45, 2.75) is 38.1 Å². The first kappa shape index (κ1) is 13.2. The van der Waals surface area contributed by atoms with Crippen molar-refractivity contribution in [3.05, 3.63) is 35.4 Å². The molecule has 1 aromatic rings. The van der Waals surface area contributed by atoms with Gasteiger partial charge in [-0.15, -0.1) is 0 Å². The molecule has 1 aromatic carbocycles.